The minimum atomic E-state index is -0.149. The lowest BCUT2D eigenvalue weighted by Gasteiger charge is -2.19. The molecule has 0 radical (unpaired) electrons. The standard InChI is InChI=1S/C17H18N2O4/c1-21-14-4-2-3-12(9-14)18-11-17(20)19-13-5-6-15-16(10-13)23-8-7-22-15/h2-6,9-10,18H,7-8,11H2,1H3,(H,19,20). The van der Waals surface area contributed by atoms with Crippen molar-refractivity contribution in [2.45, 2.75) is 0 Å². The maximum absolute atomic E-state index is 12.0. The second-order valence-corrected chi connectivity index (χ2v) is 4.99. The van der Waals surface area contributed by atoms with Gasteiger partial charge in [0.1, 0.15) is 19.0 Å². The molecule has 1 amide bonds. The van der Waals surface area contributed by atoms with E-state index in [2.05, 4.69) is 10.6 Å². The fourth-order valence-electron chi connectivity index (χ4n) is 2.24. The molecule has 0 aromatic heterocycles. The van der Waals surface area contributed by atoms with Gasteiger partial charge in [-0.05, 0) is 24.3 Å². The summed E-state index contributed by atoms with van der Waals surface area (Å²) in [5, 5.41) is 5.88. The summed E-state index contributed by atoms with van der Waals surface area (Å²) in [5.74, 6) is 1.94. The van der Waals surface area contributed by atoms with Crippen molar-refractivity contribution in [1.29, 1.82) is 0 Å². The molecule has 23 heavy (non-hydrogen) atoms. The van der Waals surface area contributed by atoms with Crippen LogP contribution in [0.5, 0.6) is 17.2 Å². The topological polar surface area (TPSA) is 68.8 Å². The highest BCUT2D eigenvalue weighted by Gasteiger charge is 2.12. The Morgan fingerprint density at radius 1 is 1.09 bits per heavy atom. The number of rotatable bonds is 5. The van der Waals surface area contributed by atoms with Gasteiger partial charge in [0.15, 0.2) is 11.5 Å². The van der Waals surface area contributed by atoms with E-state index in [1.54, 1.807) is 25.3 Å². The molecule has 1 heterocycles. The Kier molecular flexibility index (Phi) is 4.52. The van der Waals surface area contributed by atoms with Crippen molar-refractivity contribution in [1.82, 2.24) is 0 Å². The van der Waals surface area contributed by atoms with Crippen LogP contribution in [0.15, 0.2) is 42.5 Å². The lowest BCUT2D eigenvalue weighted by molar-refractivity contribution is -0.114. The molecule has 0 saturated carbocycles. The zero-order valence-corrected chi connectivity index (χ0v) is 12.8. The molecule has 6 nitrogen and oxygen atoms in total. The highest BCUT2D eigenvalue weighted by atomic mass is 16.6. The second kappa shape index (κ2) is 6.91. The molecule has 120 valence electrons. The number of fused-ring (bicyclic) bond motifs is 1. The van der Waals surface area contributed by atoms with Crippen LogP contribution in [-0.4, -0.2) is 32.8 Å². The fraction of sp³-hybridized carbons (Fsp3) is 0.235. The van der Waals surface area contributed by atoms with E-state index in [0.717, 1.165) is 11.4 Å². The lowest BCUT2D eigenvalue weighted by Crippen LogP contribution is -2.22. The summed E-state index contributed by atoms with van der Waals surface area (Å²) in [6, 6.07) is 12.8. The van der Waals surface area contributed by atoms with Crippen LogP contribution in [0.4, 0.5) is 11.4 Å². The van der Waals surface area contributed by atoms with Crippen LogP contribution in [0.3, 0.4) is 0 Å². The third-order valence-corrected chi connectivity index (χ3v) is 3.35. The molecule has 0 bridgehead atoms. The predicted molar refractivity (Wildman–Crippen MR) is 87.5 cm³/mol. The van der Waals surface area contributed by atoms with Crippen molar-refractivity contribution in [3.63, 3.8) is 0 Å². The smallest absolute Gasteiger partial charge is 0.243 e. The first-order valence-electron chi connectivity index (χ1n) is 7.32. The second-order valence-electron chi connectivity index (χ2n) is 4.99. The van der Waals surface area contributed by atoms with Crippen molar-refractivity contribution < 1.29 is 19.0 Å². The van der Waals surface area contributed by atoms with Crippen LogP contribution in [0.1, 0.15) is 0 Å². The van der Waals surface area contributed by atoms with Crippen LogP contribution >= 0.6 is 0 Å². The van der Waals surface area contributed by atoms with E-state index in [0.29, 0.717) is 30.4 Å². The molecule has 1 aliphatic rings. The number of hydrogen-bond acceptors (Lipinski definition) is 5. The Morgan fingerprint density at radius 2 is 1.91 bits per heavy atom. The molecule has 2 aromatic rings. The van der Waals surface area contributed by atoms with Crippen LogP contribution in [0.2, 0.25) is 0 Å². The first-order chi connectivity index (χ1) is 11.2. The van der Waals surface area contributed by atoms with E-state index in [1.807, 2.05) is 24.3 Å². The Morgan fingerprint density at radius 3 is 2.74 bits per heavy atom. The predicted octanol–water partition coefficient (Wildman–Crippen LogP) is 2.52. The van der Waals surface area contributed by atoms with Gasteiger partial charge in [0.2, 0.25) is 5.91 Å². The van der Waals surface area contributed by atoms with Crippen LogP contribution < -0.4 is 24.8 Å². The highest BCUT2D eigenvalue weighted by molar-refractivity contribution is 5.94. The van der Waals surface area contributed by atoms with Crippen LogP contribution in [0, 0.1) is 0 Å². The molecule has 0 aliphatic carbocycles. The van der Waals surface area contributed by atoms with Crippen molar-refractivity contribution in [2.75, 3.05) is 37.5 Å². The van der Waals surface area contributed by atoms with E-state index >= 15 is 0 Å². The summed E-state index contributed by atoms with van der Waals surface area (Å²) in [6.07, 6.45) is 0. The number of nitrogens with one attached hydrogen (secondary N) is 2. The van der Waals surface area contributed by atoms with Crippen molar-refractivity contribution in [2.24, 2.45) is 0 Å². The number of ether oxygens (including phenoxy) is 3. The summed E-state index contributed by atoms with van der Waals surface area (Å²) in [4.78, 5) is 12.0. The summed E-state index contributed by atoms with van der Waals surface area (Å²) < 4.78 is 16.1. The maximum Gasteiger partial charge on any atom is 0.243 e. The number of hydrogen-bond donors (Lipinski definition) is 2. The number of benzene rings is 2. The Balaban J connectivity index is 1.56. The number of anilines is 2. The zero-order chi connectivity index (χ0) is 16.1. The molecule has 0 atom stereocenters. The van der Waals surface area contributed by atoms with E-state index < -0.39 is 0 Å². The summed E-state index contributed by atoms with van der Waals surface area (Å²) in [5.41, 5.74) is 1.49. The third kappa shape index (κ3) is 3.85. The molecule has 0 spiro atoms. The summed E-state index contributed by atoms with van der Waals surface area (Å²) in [6.45, 7) is 1.21. The van der Waals surface area contributed by atoms with Crippen molar-refractivity contribution in [3.05, 3.63) is 42.5 Å². The fourth-order valence-corrected chi connectivity index (χ4v) is 2.24. The largest absolute Gasteiger partial charge is 0.497 e. The van der Waals surface area contributed by atoms with Gasteiger partial charge in [0.25, 0.3) is 0 Å². The minimum Gasteiger partial charge on any atom is -0.497 e. The molecule has 6 heteroatoms. The highest BCUT2D eigenvalue weighted by Crippen LogP contribution is 2.32. The number of amides is 1. The molecule has 1 aliphatic heterocycles. The van der Waals surface area contributed by atoms with E-state index in [4.69, 9.17) is 14.2 Å². The van der Waals surface area contributed by atoms with Gasteiger partial charge in [-0.1, -0.05) is 6.07 Å². The Hall–Kier alpha value is -2.89. The van der Waals surface area contributed by atoms with Gasteiger partial charge in [0, 0.05) is 23.5 Å². The summed E-state index contributed by atoms with van der Waals surface area (Å²) >= 11 is 0. The summed E-state index contributed by atoms with van der Waals surface area (Å²) in [7, 11) is 1.60. The first kappa shape index (κ1) is 15.0. The number of carbonyl (C=O) groups excluding carboxylic acids is 1. The normalized spacial score (nSPS) is 12.4. The molecule has 3 rings (SSSR count). The van der Waals surface area contributed by atoms with Crippen LogP contribution in [0.25, 0.3) is 0 Å². The quantitative estimate of drug-likeness (QED) is 0.887. The van der Waals surface area contributed by atoms with E-state index in [1.165, 1.54) is 0 Å². The third-order valence-electron chi connectivity index (χ3n) is 3.35. The molecule has 0 unspecified atom stereocenters. The maximum atomic E-state index is 12.0. The van der Waals surface area contributed by atoms with Gasteiger partial charge in [-0.3, -0.25) is 4.79 Å². The van der Waals surface area contributed by atoms with Gasteiger partial charge >= 0.3 is 0 Å². The van der Waals surface area contributed by atoms with Crippen molar-refractivity contribution in [3.8, 4) is 17.2 Å². The van der Waals surface area contributed by atoms with Crippen LogP contribution in [-0.2, 0) is 4.79 Å². The Labute approximate surface area is 134 Å². The monoisotopic (exact) mass is 314 g/mol. The SMILES string of the molecule is COc1cccc(NCC(=O)Nc2ccc3c(c2)OCCO3)c1. The van der Waals surface area contributed by atoms with Gasteiger partial charge < -0.3 is 24.8 Å². The number of carbonyl (C=O) groups is 1. The van der Waals surface area contributed by atoms with E-state index in [9.17, 15) is 4.79 Å². The number of methoxy groups -OCH3 is 1. The average Bonchev–Trinajstić information content (AvgIpc) is 2.60. The van der Waals surface area contributed by atoms with Crippen molar-refractivity contribution >= 4 is 17.3 Å². The van der Waals surface area contributed by atoms with Gasteiger partial charge in [-0.15, -0.1) is 0 Å². The Bertz CT molecular complexity index is 703. The van der Waals surface area contributed by atoms with E-state index in [-0.39, 0.29) is 12.5 Å². The van der Waals surface area contributed by atoms with Gasteiger partial charge in [-0.25, -0.2) is 0 Å². The lowest BCUT2D eigenvalue weighted by atomic mass is 10.2. The molecule has 0 saturated heterocycles. The molecule has 2 aromatic carbocycles. The average molecular weight is 314 g/mol. The minimum absolute atomic E-state index is 0.149. The molecular weight excluding hydrogens is 296 g/mol. The van der Waals surface area contributed by atoms with Gasteiger partial charge in [-0.2, -0.15) is 0 Å². The zero-order valence-electron chi connectivity index (χ0n) is 12.8. The first-order valence-corrected chi connectivity index (χ1v) is 7.32. The molecule has 0 fully saturated rings. The molecule has 2 N–H and O–H groups in total. The molecular formula is C17H18N2O4. The van der Waals surface area contributed by atoms with Gasteiger partial charge in [0.05, 0.1) is 13.7 Å².